The van der Waals surface area contributed by atoms with E-state index in [1.807, 2.05) is 6.92 Å². The molecule has 6 nitrogen and oxygen atoms in total. The van der Waals surface area contributed by atoms with Crippen LogP contribution in [0.2, 0.25) is 5.02 Å². The van der Waals surface area contributed by atoms with Crippen molar-refractivity contribution in [1.29, 1.82) is 0 Å². The van der Waals surface area contributed by atoms with E-state index in [1.165, 1.54) is 12.3 Å². The Hall–Kier alpha value is -1.40. The van der Waals surface area contributed by atoms with Gasteiger partial charge in [0.25, 0.3) is 0 Å². The Labute approximate surface area is 97.4 Å². The Morgan fingerprint density at radius 1 is 1.75 bits per heavy atom. The predicted octanol–water partition coefficient (Wildman–Crippen LogP) is 1.83. The average Bonchev–Trinajstić information content (AvgIpc) is 2.27. The van der Waals surface area contributed by atoms with Crippen LogP contribution in [0.15, 0.2) is 12.3 Å². The molecule has 1 aromatic rings. The van der Waals surface area contributed by atoms with Crippen molar-refractivity contribution in [2.24, 2.45) is 0 Å². The van der Waals surface area contributed by atoms with Gasteiger partial charge in [0.05, 0.1) is 22.6 Å². The maximum atomic E-state index is 10.7. The Morgan fingerprint density at radius 3 is 2.94 bits per heavy atom. The van der Waals surface area contributed by atoms with Crippen molar-refractivity contribution in [1.82, 2.24) is 4.98 Å². The number of rotatable bonds is 5. The van der Waals surface area contributed by atoms with Crippen molar-refractivity contribution < 1.29 is 10.0 Å². The number of pyridine rings is 1. The third-order valence-corrected chi connectivity index (χ3v) is 2.29. The molecule has 0 radical (unpaired) electrons. The largest absolute Gasteiger partial charge is 0.394 e. The molecule has 2 N–H and O–H groups in total. The van der Waals surface area contributed by atoms with E-state index in [1.54, 1.807) is 0 Å². The lowest BCUT2D eigenvalue weighted by Gasteiger charge is -2.14. The minimum absolute atomic E-state index is 0.113. The molecular formula is C9H12ClN3O3. The van der Waals surface area contributed by atoms with Gasteiger partial charge < -0.3 is 10.4 Å². The standard InChI is InChI=1S/C9H12ClN3O3/c1-2-7(5-14)12-9-8(13(15)16)3-6(10)4-11-9/h3-4,7,14H,2,5H2,1H3,(H,11,12)/t7-/m1/s1. The van der Waals surface area contributed by atoms with Crippen molar-refractivity contribution in [2.45, 2.75) is 19.4 Å². The molecule has 1 aromatic heterocycles. The zero-order valence-electron chi connectivity index (χ0n) is 8.68. The molecule has 0 bridgehead atoms. The molecule has 0 aromatic carbocycles. The number of nitrogens with one attached hydrogen (secondary N) is 1. The third kappa shape index (κ3) is 3.04. The van der Waals surface area contributed by atoms with E-state index in [4.69, 9.17) is 16.7 Å². The summed E-state index contributed by atoms with van der Waals surface area (Å²) in [5, 5.41) is 22.7. The first-order chi connectivity index (χ1) is 7.58. The van der Waals surface area contributed by atoms with Gasteiger partial charge in [-0.1, -0.05) is 18.5 Å². The number of hydrogen-bond acceptors (Lipinski definition) is 5. The Balaban J connectivity index is 2.98. The van der Waals surface area contributed by atoms with Crippen molar-refractivity contribution >= 4 is 23.1 Å². The summed E-state index contributed by atoms with van der Waals surface area (Å²) in [4.78, 5) is 14.0. The molecule has 1 atom stereocenters. The van der Waals surface area contributed by atoms with Gasteiger partial charge in [-0.3, -0.25) is 10.1 Å². The van der Waals surface area contributed by atoms with Crippen LogP contribution in [0, 0.1) is 10.1 Å². The van der Waals surface area contributed by atoms with E-state index in [9.17, 15) is 10.1 Å². The molecule has 0 fully saturated rings. The highest BCUT2D eigenvalue weighted by Gasteiger charge is 2.18. The Bertz CT molecular complexity index is 382. The number of aliphatic hydroxyl groups is 1. The van der Waals surface area contributed by atoms with Gasteiger partial charge in [0, 0.05) is 12.3 Å². The van der Waals surface area contributed by atoms with Gasteiger partial charge in [0.1, 0.15) is 0 Å². The van der Waals surface area contributed by atoms with Crippen LogP contribution in [0.4, 0.5) is 11.5 Å². The molecule has 0 unspecified atom stereocenters. The summed E-state index contributed by atoms with van der Waals surface area (Å²) in [5.41, 5.74) is -0.195. The van der Waals surface area contributed by atoms with Crippen LogP contribution in [0.25, 0.3) is 0 Å². The zero-order chi connectivity index (χ0) is 12.1. The third-order valence-electron chi connectivity index (χ3n) is 2.08. The van der Waals surface area contributed by atoms with Crippen molar-refractivity contribution in [3.63, 3.8) is 0 Å². The highest BCUT2D eigenvalue weighted by molar-refractivity contribution is 6.30. The van der Waals surface area contributed by atoms with Crippen LogP contribution in [0.1, 0.15) is 13.3 Å². The first-order valence-electron chi connectivity index (χ1n) is 4.75. The fraction of sp³-hybridized carbons (Fsp3) is 0.444. The summed E-state index contributed by atoms with van der Waals surface area (Å²) >= 11 is 5.62. The number of hydrogen-bond donors (Lipinski definition) is 2. The molecule has 0 aliphatic rings. The van der Waals surface area contributed by atoms with E-state index in [-0.39, 0.29) is 29.2 Å². The van der Waals surface area contributed by atoms with Crippen LogP contribution in [0.3, 0.4) is 0 Å². The van der Waals surface area contributed by atoms with E-state index < -0.39 is 4.92 Å². The second-order valence-corrected chi connectivity index (χ2v) is 3.65. The molecule has 0 amide bonds. The predicted molar refractivity (Wildman–Crippen MR) is 60.7 cm³/mol. The molecule has 16 heavy (non-hydrogen) atoms. The molecule has 7 heteroatoms. The SMILES string of the molecule is CC[C@H](CO)Nc1ncc(Cl)cc1[N+](=O)[O-]. The number of nitro groups is 1. The van der Waals surface area contributed by atoms with Crippen LogP contribution >= 0.6 is 11.6 Å². The second-order valence-electron chi connectivity index (χ2n) is 3.21. The lowest BCUT2D eigenvalue weighted by Crippen LogP contribution is -2.23. The summed E-state index contributed by atoms with van der Waals surface area (Å²) in [6.45, 7) is 1.74. The first-order valence-corrected chi connectivity index (χ1v) is 5.13. The van der Waals surface area contributed by atoms with Gasteiger partial charge >= 0.3 is 5.69 Å². The molecule has 1 heterocycles. The number of aliphatic hydroxyl groups excluding tert-OH is 1. The molecule has 0 spiro atoms. The number of aromatic nitrogens is 1. The minimum atomic E-state index is -0.564. The molecular weight excluding hydrogens is 234 g/mol. The van der Waals surface area contributed by atoms with E-state index >= 15 is 0 Å². The molecule has 0 saturated carbocycles. The Morgan fingerprint density at radius 2 is 2.44 bits per heavy atom. The maximum Gasteiger partial charge on any atom is 0.312 e. The van der Waals surface area contributed by atoms with Gasteiger partial charge in [-0.2, -0.15) is 0 Å². The minimum Gasteiger partial charge on any atom is -0.394 e. The zero-order valence-corrected chi connectivity index (χ0v) is 9.44. The number of nitrogens with zero attached hydrogens (tertiary/aromatic N) is 2. The quantitative estimate of drug-likeness (QED) is 0.610. The van der Waals surface area contributed by atoms with Gasteiger partial charge in [0.15, 0.2) is 0 Å². The molecule has 88 valence electrons. The second kappa shape index (κ2) is 5.62. The van der Waals surface area contributed by atoms with Gasteiger partial charge in [-0.15, -0.1) is 0 Å². The van der Waals surface area contributed by atoms with Crippen LogP contribution in [0.5, 0.6) is 0 Å². The number of anilines is 1. The lowest BCUT2D eigenvalue weighted by molar-refractivity contribution is -0.384. The van der Waals surface area contributed by atoms with E-state index in [0.717, 1.165) is 0 Å². The molecule has 0 saturated heterocycles. The van der Waals surface area contributed by atoms with Crippen LogP contribution < -0.4 is 5.32 Å². The topological polar surface area (TPSA) is 88.3 Å². The van der Waals surface area contributed by atoms with E-state index in [0.29, 0.717) is 6.42 Å². The van der Waals surface area contributed by atoms with Crippen LogP contribution in [-0.2, 0) is 0 Å². The molecule has 1 rings (SSSR count). The Kier molecular flexibility index (Phi) is 4.45. The van der Waals surface area contributed by atoms with Crippen molar-refractivity contribution in [2.75, 3.05) is 11.9 Å². The summed E-state index contributed by atoms with van der Waals surface area (Å²) < 4.78 is 0. The fourth-order valence-electron chi connectivity index (χ4n) is 1.15. The monoisotopic (exact) mass is 245 g/mol. The van der Waals surface area contributed by atoms with Gasteiger partial charge in [-0.25, -0.2) is 4.98 Å². The summed E-state index contributed by atoms with van der Waals surface area (Å²) in [6.07, 6.45) is 1.96. The first kappa shape index (κ1) is 12.7. The van der Waals surface area contributed by atoms with Crippen LogP contribution in [-0.4, -0.2) is 27.7 Å². The summed E-state index contributed by atoms with van der Waals surface area (Å²) in [6, 6.07) is 0.966. The normalized spacial score (nSPS) is 12.2. The smallest absolute Gasteiger partial charge is 0.312 e. The fourth-order valence-corrected chi connectivity index (χ4v) is 1.30. The van der Waals surface area contributed by atoms with E-state index in [2.05, 4.69) is 10.3 Å². The van der Waals surface area contributed by atoms with Crippen molar-refractivity contribution in [3.8, 4) is 0 Å². The highest BCUT2D eigenvalue weighted by atomic mass is 35.5. The van der Waals surface area contributed by atoms with Gasteiger partial charge in [-0.05, 0) is 6.42 Å². The van der Waals surface area contributed by atoms with Gasteiger partial charge in [0.2, 0.25) is 5.82 Å². The average molecular weight is 246 g/mol. The summed E-state index contributed by atoms with van der Waals surface area (Å²) in [5.74, 6) is 0.121. The maximum absolute atomic E-state index is 10.7. The molecule has 0 aliphatic carbocycles. The number of halogens is 1. The van der Waals surface area contributed by atoms with Crippen molar-refractivity contribution in [3.05, 3.63) is 27.4 Å². The highest BCUT2D eigenvalue weighted by Crippen LogP contribution is 2.25. The lowest BCUT2D eigenvalue weighted by atomic mass is 10.2. The molecule has 0 aliphatic heterocycles. The summed E-state index contributed by atoms with van der Waals surface area (Å²) in [7, 11) is 0.